The molecule has 1 aromatic carbocycles. The molecule has 1 N–H and O–H groups in total. The second-order valence-electron chi connectivity index (χ2n) is 5.74. The molecule has 0 bridgehead atoms. The number of imidazole rings is 1. The van der Waals surface area contributed by atoms with Crippen LogP contribution < -0.4 is 5.32 Å². The van der Waals surface area contributed by atoms with Crippen LogP contribution >= 0.6 is 0 Å². The van der Waals surface area contributed by atoms with Gasteiger partial charge in [-0.15, -0.1) is 10.2 Å². The number of tetrazole rings is 1. The zero-order chi connectivity index (χ0) is 19.2. The Morgan fingerprint density at radius 2 is 2.04 bits per heavy atom. The summed E-state index contributed by atoms with van der Waals surface area (Å²) in [6.45, 7) is 1.86. The van der Waals surface area contributed by atoms with Crippen LogP contribution in [-0.4, -0.2) is 48.7 Å². The Bertz CT molecular complexity index is 920. The molecular weight excluding hydrogens is 350 g/mol. The molecule has 0 aliphatic carbocycles. The van der Waals surface area contributed by atoms with Crippen molar-refractivity contribution in [2.45, 2.75) is 26.1 Å². The summed E-state index contributed by atoms with van der Waals surface area (Å²) in [6, 6.07) is 8.73. The molecule has 0 fully saturated rings. The highest BCUT2D eigenvalue weighted by Gasteiger charge is 2.19. The Morgan fingerprint density at radius 3 is 2.78 bits per heavy atom. The first-order valence-electron chi connectivity index (χ1n) is 8.28. The van der Waals surface area contributed by atoms with Crippen LogP contribution in [0.15, 0.2) is 42.7 Å². The number of rotatable bonds is 7. The van der Waals surface area contributed by atoms with Gasteiger partial charge in [0.15, 0.2) is 0 Å². The normalized spacial score (nSPS) is 11.8. The Labute approximate surface area is 155 Å². The number of esters is 1. The Morgan fingerprint density at radius 1 is 1.26 bits per heavy atom. The number of carbonyl (C=O) groups excluding carboxylic acids is 2. The van der Waals surface area contributed by atoms with Crippen LogP contribution in [0.2, 0.25) is 0 Å². The van der Waals surface area contributed by atoms with Gasteiger partial charge in [-0.2, -0.15) is 4.80 Å². The van der Waals surface area contributed by atoms with E-state index in [-0.39, 0.29) is 19.0 Å². The molecule has 2 heterocycles. The van der Waals surface area contributed by atoms with Gasteiger partial charge in [-0.25, -0.2) is 4.98 Å². The van der Waals surface area contributed by atoms with Gasteiger partial charge in [-0.1, -0.05) is 30.3 Å². The average molecular weight is 369 g/mol. The van der Waals surface area contributed by atoms with Crippen molar-refractivity contribution in [2.75, 3.05) is 7.11 Å². The van der Waals surface area contributed by atoms with Gasteiger partial charge in [0.25, 0.3) is 0 Å². The molecule has 1 atom stereocenters. The fraction of sp³-hybridized carbons (Fsp3) is 0.294. The summed E-state index contributed by atoms with van der Waals surface area (Å²) in [6.07, 6.45) is 3.20. The standard InChI is InChI=1S/C17H19N7O3/c1-12(24-21-16(20-22-24)13-6-4-3-5-7-13)17(26)19-10-14-18-8-9-23(14)11-15(25)27-2/h3-9,12H,10-11H2,1-2H3,(H,19,26)/t12-/m0/s1. The maximum Gasteiger partial charge on any atom is 0.325 e. The predicted octanol–water partition coefficient (Wildman–Crippen LogP) is 0.587. The lowest BCUT2D eigenvalue weighted by Gasteiger charge is -2.11. The summed E-state index contributed by atoms with van der Waals surface area (Å²) in [5.41, 5.74) is 0.821. The van der Waals surface area contributed by atoms with Crippen molar-refractivity contribution < 1.29 is 14.3 Å². The zero-order valence-corrected chi connectivity index (χ0v) is 14.9. The molecular formula is C17H19N7O3. The lowest BCUT2D eigenvalue weighted by Crippen LogP contribution is -2.32. The van der Waals surface area contributed by atoms with Crippen LogP contribution in [0, 0.1) is 0 Å². The van der Waals surface area contributed by atoms with Crippen molar-refractivity contribution >= 4 is 11.9 Å². The van der Waals surface area contributed by atoms with Crippen molar-refractivity contribution in [3.05, 3.63) is 48.5 Å². The molecule has 3 aromatic rings. The van der Waals surface area contributed by atoms with E-state index in [0.29, 0.717) is 11.6 Å². The molecule has 0 saturated carbocycles. The molecule has 10 heteroatoms. The number of methoxy groups -OCH3 is 1. The molecule has 0 saturated heterocycles. The van der Waals surface area contributed by atoms with E-state index in [2.05, 4.69) is 30.4 Å². The van der Waals surface area contributed by atoms with E-state index in [9.17, 15) is 9.59 Å². The number of hydrogen-bond acceptors (Lipinski definition) is 7. The van der Waals surface area contributed by atoms with Crippen LogP contribution in [0.1, 0.15) is 18.8 Å². The summed E-state index contributed by atoms with van der Waals surface area (Å²) in [5.74, 6) is 0.301. The minimum Gasteiger partial charge on any atom is -0.468 e. The first-order chi connectivity index (χ1) is 13.1. The summed E-state index contributed by atoms with van der Waals surface area (Å²) >= 11 is 0. The Kier molecular flexibility index (Phi) is 5.55. The van der Waals surface area contributed by atoms with Gasteiger partial charge in [-0.3, -0.25) is 9.59 Å². The van der Waals surface area contributed by atoms with Gasteiger partial charge >= 0.3 is 5.97 Å². The second-order valence-corrected chi connectivity index (χ2v) is 5.74. The van der Waals surface area contributed by atoms with E-state index in [0.717, 1.165) is 5.56 Å². The number of amides is 1. The van der Waals surface area contributed by atoms with Crippen LogP contribution in [0.3, 0.4) is 0 Å². The highest BCUT2D eigenvalue weighted by Crippen LogP contribution is 2.13. The van der Waals surface area contributed by atoms with E-state index < -0.39 is 12.0 Å². The first-order valence-corrected chi connectivity index (χ1v) is 8.28. The number of ether oxygens (including phenoxy) is 1. The highest BCUT2D eigenvalue weighted by atomic mass is 16.5. The number of carbonyl (C=O) groups is 2. The average Bonchev–Trinajstić information content (AvgIpc) is 3.35. The molecule has 2 aromatic heterocycles. The number of hydrogen-bond donors (Lipinski definition) is 1. The Balaban J connectivity index is 1.61. The summed E-state index contributed by atoms with van der Waals surface area (Å²) in [5, 5.41) is 15.0. The lowest BCUT2D eigenvalue weighted by molar-refractivity contribution is -0.141. The van der Waals surface area contributed by atoms with E-state index in [4.69, 9.17) is 0 Å². The van der Waals surface area contributed by atoms with Crippen molar-refractivity contribution in [1.29, 1.82) is 0 Å². The molecule has 140 valence electrons. The fourth-order valence-corrected chi connectivity index (χ4v) is 2.37. The minimum atomic E-state index is -0.654. The van der Waals surface area contributed by atoms with Crippen molar-refractivity contribution in [3.8, 4) is 11.4 Å². The van der Waals surface area contributed by atoms with Gasteiger partial charge in [-0.05, 0) is 12.1 Å². The van der Waals surface area contributed by atoms with Gasteiger partial charge in [0.05, 0.1) is 13.7 Å². The van der Waals surface area contributed by atoms with Gasteiger partial charge in [0, 0.05) is 18.0 Å². The first kappa shape index (κ1) is 18.2. The van der Waals surface area contributed by atoms with Crippen molar-refractivity contribution in [3.63, 3.8) is 0 Å². The second kappa shape index (κ2) is 8.21. The van der Waals surface area contributed by atoms with Crippen molar-refractivity contribution in [1.82, 2.24) is 35.1 Å². The largest absolute Gasteiger partial charge is 0.468 e. The lowest BCUT2D eigenvalue weighted by atomic mass is 10.2. The maximum atomic E-state index is 12.4. The molecule has 0 spiro atoms. The third-order valence-corrected chi connectivity index (χ3v) is 3.94. The van der Waals surface area contributed by atoms with Gasteiger partial charge in [0.2, 0.25) is 11.7 Å². The fourth-order valence-electron chi connectivity index (χ4n) is 2.37. The minimum absolute atomic E-state index is 0.0301. The SMILES string of the molecule is COC(=O)Cn1ccnc1CNC(=O)[C@H](C)n1nnc(-c2ccccc2)n1. The molecule has 0 radical (unpaired) electrons. The monoisotopic (exact) mass is 369 g/mol. The highest BCUT2D eigenvalue weighted by molar-refractivity contribution is 5.79. The quantitative estimate of drug-likeness (QED) is 0.606. The van der Waals surface area contributed by atoms with E-state index in [1.165, 1.54) is 11.9 Å². The number of nitrogens with zero attached hydrogens (tertiary/aromatic N) is 6. The van der Waals surface area contributed by atoms with Crippen LogP contribution in [0.5, 0.6) is 0 Å². The topological polar surface area (TPSA) is 117 Å². The van der Waals surface area contributed by atoms with Crippen LogP contribution in [-0.2, 0) is 27.4 Å². The van der Waals surface area contributed by atoms with E-state index in [1.54, 1.807) is 23.9 Å². The molecule has 1 amide bonds. The van der Waals surface area contributed by atoms with Crippen molar-refractivity contribution in [2.24, 2.45) is 0 Å². The zero-order valence-electron chi connectivity index (χ0n) is 14.9. The molecule has 0 aliphatic heterocycles. The molecule has 0 unspecified atom stereocenters. The number of nitrogens with one attached hydrogen (secondary N) is 1. The van der Waals surface area contributed by atoms with Gasteiger partial charge < -0.3 is 14.6 Å². The van der Waals surface area contributed by atoms with E-state index >= 15 is 0 Å². The summed E-state index contributed by atoms with van der Waals surface area (Å²) < 4.78 is 6.25. The number of benzene rings is 1. The smallest absolute Gasteiger partial charge is 0.325 e. The third kappa shape index (κ3) is 4.35. The Hall–Kier alpha value is -3.56. The predicted molar refractivity (Wildman–Crippen MR) is 94.1 cm³/mol. The molecule has 3 rings (SSSR count). The molecule has 0 aliphatic rings. The molecule has 10 nitrogen and oxygen atoms in total. The van der Waals surface area contributed by atoms with Crippen LogP contribution in [0.4, 0.5) is 0 Å². The van der Waals surface area contributed by atoms with Gasteiger partial charge in [0.1, 0.15) is 18.4 Å². The van der Waals surface area contributed by atoms with E-state index in [1.807, 2.05) is 30.3 Å². The maximum absolute atomic E-state index is 12.4. The number of aromatic nitrogens is 6. The third-order valence-electron chi connectivity index (χ3n) is 3.94. The molecule has 27 heavy (non-hydrogen) atoms. The summed E-state index contributed by atoms with van der Waals surface area (Å²) in [4.78, 5) is 29.2. The summed E-state index contributed by atoms with van der Waals surface area (Å²) in [7, 11) is 1.32. The van der Waals surface area contributed by atoms with Crippen LogP contribution in [0.25, 0.3) is 11.4 Å².